The molecule has 1 heterocycles. The molecular formula is C14H17N3O3. The normalized spacial score (nSPS) is 10.1. The lowest BCUT2D eigenvalue weighted by Crippen LogP contribution is -2.28. The second-order valence-corrected chi connectivity index (χ2v) is 4.05. The topological polar surface area (TPSA) is 76.2 Å². The van der Waals surface area contributed by atoms with Crippen LogP contribution >= 0.6 is 0 Å². The SMILES string of the molecule is CCOc1ccccc1OCC(=O)NCc1cn[nH]c1. The quantitative estimate of drug-likeness (QED) is 0.803. The Morgan fingerprint density at radius 2 is 2.05 bits per heavy atom. The Balaban J connectivity index is 1.81. The first-order chi connectivity index (χ1) is 9.79. The number of carbonyl (C=O) groups is 1. The summed E-state index contributed by atoms with van der Waals surface area (Å²) in [5.74, 6) is 1.00. The van der Waals surface area contributed by atoms with Crippen molar-refractivity contribution in [3.8, 4) is 11.5 Å². The van der Waals surface area contributed by atoms with Gasteiger partial charge in [-0.2, -0.15) is 5.10 Å². The molecule has 0 fully saturated rings. The molecule has 2 aromatic rings. The van der Waals surface area contributed by atoms with Gasteiger partial charge in [0.05, 0.1) is 12.8 Å². The van der Waals surface area contributed by atoms with Crippen LogP contribution in [0.2, 0.25) is 0 Å². The van der Waals surface area contributed by atoms with Gasteiger partial charge in [-0.25, -0.2) is 0 Å². The molecule has 0 saturated heterocycles. The van der Waals surface area contributed by atoms with Crippen molar-refractivity contribution in [1.82, 2.24) is 15.5 Å². The fourth-order valence-corrected chi connectivity index (χ4v) is 1.61. The van der Waals surface area contributed by atoms with E-state index in [0.717, 1.165) is 5.56 Å². The summed E-state index contributed by atoms with van der Waals surface area (Å²) in [7, 11) is 0. The number of nitrogens with one attached hydrogen (secondary N) is 2. The van der Waals surface area contributed by atoms with Crippen molar-refractivity contribution in [2.24, 2.45) is 0 Å². The second-order valence-electron chi connectivity index (χ2n) is 4.05. The molecule has 1 aromatic carbocycles. The molecule has 6 heteroatoms. The highest BCUT2D eigenvalue weighted by Crippen LogP contribution is 2.26. The van der Waals surface area contributed by atoms with Crippen molar-refractivity contribution in [3.63, 3.8) is 0 Å². The molecule has 1 aromatic heterocycles. The molecule has 0 aliphatic heterocycles. The van der Waals surface area contributed by atoms with Crippen molar-refractivity contribution >= 4 is 5.91 Å². The maximum Gasteiger partial charge on any atom is 0.258 e. The fourth-order valence-electron chi connectivity index (χ4n) is 1.61. The Hall–Kier alpha value is -2.50. The van der Waals surface area contributed by atoms with Gasteiger partial charge in [0.1, 0.15) is 0 Å². The number of carbonyl (C=O) groups excluding carboxylic acids is 1. The first-order valence-corrected chi connectivity index (χ1v) is 6.38. The fraction of sp³-hybridized carbons (Fsp3) is 0.286. The minimum Gasteiger partial charge on any atom is -0.490 e. The number of benzene rings is 1. The number of nitrogens with zero attached hydrogens (tertiary/aromatic N) is 1. The molecule has 0 bridgehead atoms. The van der Waals surface area contributed by atoms with E-state index in [9.17, 15) is 4.79 Å². The zero-order chi connectivity index (χ0) is 14.2. The van der Waals surface area contributed by atoms with Gasteiger partial charge in [-0.15, -0.1) is 0 Å². The maximum absolute atomic E-state index is 11.7. The number of aromatic nitrogens is 2. The van der Waals surface area contributed by atoms with E-state index in [4.69, 9.17) is 9.47 Å². The van der Waals surface area contributed by atoms with E-state index in [1.54, 1.807) is 18.5 Å². The number of hydrogen-bond donors (Lipinski definition) is 2. The van der Waals surface area contributed by atoms with Crippen LogP contribution in [0.4, 0.5) is 0 Å². The molecule has 0 atom stereocenters. The summed E-state index contributed by atoms with van der Waals surface area (Å²) in [5.41, 5.74) is 0.910. The number of rotatable bonds is 7. The number of amides is 1. The Bertz CT molecular complexity index is 540. The van der Waals surface area contributed by atoms with E-state index in [1.807, 2.05) is 25.1 Å². The highest BCUT2D eigenvalue weighted by Gasteiger charge is 2.07. The highest BCUT2D eigenvalue weighted by molar-refractivity contribution is 5.77. The van der Waals surface area contributed by atoms with Gasteiger partial charge < -0.3 is 14.8 Å². The van der Waals surface area contributed by atoms with Crippen molar-refractivity contribution in [3.05, 3.63) is 42.2 Å². The van der Waals surface area contributed by atoms with Crippen LogP contribution in [0, 0.1) is 0 Å². The molecule has 0 spiro atoms. The second kappa shape index (κ2) is 7.18. The Morgan fingerprint density at radius 1 is 1.30 bits per heavy atom. The summed E-state index contributed by atoms with van der Waals surface area (Å²) in [6.45, 7) is 2.81. The van der Waals surface area contributed by atoms with Crippen LogP contribution in [-0.2, 0) is 11.3 Å². The number of ether oxygens (including phenoxy) is 2. The predicted octanol–water partition coefficient (Wildman–Crippen LogP) is 1.50. The van der Waals surface area contributed by atoms with E-state index in [-0.39, 0.29) is 12.5 Å². The first kappa shape index (κ1) is 13.9. The lowest BCUT2D eigenvalue weighted by Gasteiger charge is -2.11. The van der Waals surface area contributed by atoms with Crippen molar-refractivity contribution in [1.29, 1.82) is 0 Å². The molecule has 0 aliphatic carbocycles. The first-order valence-electron chi connectivity index (χ1n) is 6.38. The van der Waals surface area contributed by atoms with Gasteiger partial charge in [0.2, 0.25) is 0 Å². The molecule has 2 rings (SSSR count). The van der Waals surface area contributed by atoms with Gasteiger partial charge in [0.15, 0.2) is 18.1 Å². The zero-order valence-electron chi connectivity index (χ0n) is 11.3. The molecule has 0 aliphatic rings. The van der Waals surface area contributed by atoms with Gasteiger partial charge in [0, 0.05) is 18.3 Å². The zero-order valence-corrected chi connectivity index (χ0v) is 11.3. The summed E-state index contributed by atoms with van der Waals surface area (Å²) in [5, 5.41) is 9.23. The van der Waals surface area contributed by atoms with Crippen LogP contribution in [0.15, 0.2) is 36.7 Å². The molecule has 0 unspecified atom stereocenters. The molecule has 0 saturated carbocycles. The number of H-pyrrole nitrogens is 1. The van der Waals surface area contributed by atoms with E-state index in [2.05, 4.69) is 15.5 Å². The van der Waals surface area contributed by atoms with Gasteiger partial charge in [-0.3, -0.25) is 9.89 Å². The summed E-state index contributed by atoms with van der Waals surface area (Å²) < 4.78 is 10.9. The van der Waals surface area contributed by atoms with E-state index < -0.39 is 0 Å². The van der Waals surface area contributed by atoms with Gasteiger partial charge >= 0.3 is 0 Å². The minimum atomic E-state index is -0.197. The average molecular weight is 275 g/mol. The summed E-state index contributed by atoms with van der Waals surface area (Å²) in [4.78, 5) is 11.7. The third-order valence-corrected chi connectivity index (χ3v) is 2.55. The minimum absolute atomic E-state index is 0.0536. The molecule has 2 N–H and O–H groups in total. The Kier molecular flexibility index (Phi) is 5.00. The van der Waals surface area contributed by atoms with E-state index >= 15 is 0 Å². The van der Waals surface area contributed by atoms with E-state index in [1.165, 1.54) is 0 Å². The maximum atomic E-state index is 11.7. The lowest BCUT2D eigenvalue weighted by atomic mass is 10.3. The standard InChI is InChI=1S/C14H17N3O3/c1-2-19-12-5-3-4-6-13(12)20-10-14(18)15-7-11-8-16-17-9-11/h3-6,8-9H,2,7,10H2,1H3,(H,15,18)(H,16,17). The Morgan fingerprint density at radius 3 is 2.70 bits per heavy atom. The monoisotopic (exact) mass is 275 g/mol. The number of aromatic amines is 1. The van der Waals surface area contributed by atoms with Gasteiger partial charge in [-0.05, 0) is 19.1 Å². The van der Waals surface area contributed by atoms with Crippen LogP contribution < -0.4 is 14.8 Å². The predicted molar refractivity (Wildman–Crippen MR) is 73.5 cm³/mol. The molecule has 0 radical (unpaired) electrons. The number of para-hydroxylation sites is 2. The van der Waals surface area contributed by atoms with Crippen LogP contribution in [-0.4, -0.2) is 29.3 Å². The third-order valence-electron chi connectivity index (χ3n) is 2.55. The molecule has 1 amide bonds. The van der Waals surface area contributed by atoms with Crippen molar-refractivity contribution < 1.29 is 14.3 Å². The summed E-state index contributed by atoms with van der Waals surface area (Å²) >= 11 is 0. The smallest absolute Gasteiger partial charge is 0.258 e. The molecule has 20 heavy (non-hydrogen) atoms. The summed E-state index contributed by atoms with van der Waals surface area (Å²) in [6, 6.07) is 7.27. The van der Waals surface area contributed by atoms with Crippen molar-refractivity contribution in [2.75, 3.05) is 13.2 Å². The summed E-state index contributed by atoms with van der Waals surface area (Å²) in [6.07, 6.45) is 3.39. The van der Waals surface area contributed by atoms with Crippen LogP contribution in [0.3, 0.4) is 0 Å². The largest absolute Gasteiger partial charge is 0.490 e. The number of hydrogen-bond acceptors (Lipinski definition) is 4. The third kappa shape index (κ3) is 4.01. The van der Waals surface area contributed by atoms with Crippen molar-refractivity contribution in [2.45, 2.75) is 13.5 Å². The van der Waals surface area contributed by atoms with Gasteiger partial charge in [-0.1, -0.05) is 12.1 Å². The van der Waals surface area contributed by atoms with Crippen LogP contribution in [0.1, 0.15) is 12.5 Å². The average Bonchev–Trinajstić information content (AvgIpc) is 2.98. The van der Waals surface area contributed by atoms with Crippen LogP contribution in [0.25, 0.3) is 0 Å². The Labute approximate surface area is 117 Å². The molecular weight excluding hydrogens is 258 g/mol. The lowest BCUT2D eigenvalue weighted by molar-refractivity contribution is -0.123. The van der Waals surface area contributed by atoms with E-state index in [0.29, 0.717) is 24.7 Å². The molecule has 106 valence electrons. The van der Waals surface area contributed by atoms with Crippen LogP contribution in [0.5, 0.6) is 11.5 Å². The van der Waals surface area contributed by atoms with Gasteiger partial charge in [0.25, 0.3) is 5.91 Å². The molecule has 6 nitrogen and oxygen atoms in total. The highest BCUT2D eigenvalue weighted by atomic mass is 16.5.